The number of anilines is 2. The van der Waals surface area contributed by atoms with Crippen molar-refractivity contribution in [1.29, 1.82) is 0 Å². The van der Waals surface area contributed by atoms with E-state index in [9.17, 15) is 4.79 Å². The monoisotopic (exact) mass is 321 g/mol. The van der Waals surface area contributed by atoms with Crippen molar-refractivity contribution in [3.63, 3.8) is 0 Å². The quantitative estimate of drug-likeness (QED) is 0.911. The molecule has 0 saturated heterocycles. The standard InChI is InChI=1S/C13H19N3O2.2ClH/c1-15-7-8-16(13(17)10(14)9-18-2)12-6-4-3-5-11(12)15;;/h3-6,10H,7-9,14H2,1-2H3;2*1H. The van der Waals surface area contributed by atoms with Gasteiger partial charge in [-0.15, -0.1) is 24.8 Å². The van der Waals surface area contributed by atoms with E-state index >= 15 is 0 Å². The molecule has 1 aromatic carbocycles. The zero-order valence-corrected chi connectivity index (χ0v) is 13.2. The van der Waals surface area contributed by atoms with Crippen molar-refractivity contribution in [2.24, 2.45) is 5.73 Å². The van der Waals surface area contributed by atoms with Gasteiger partial charge in [-0.3, -0.25) is 4.79 Å². The van der Waals surface area contributed by atoms with Gasteiger partial charge >= 0.3 is 0 Å². The number of halogens is 2. The first-order valence-electron chi connectivity index (χ1n) is 6.01. The molecule has 1 aromatic rings. The number of likely N-dealkylation sites (N-methyl/N-ethyl adjacent to an activating group) is 1. The number of nitrogens with two attached hydrogens (primary N) is 1. The molecule has 114 valence electrons. The molecule has 0 aliphatic carbocycles. The average molecular weight is 322 g/mol. The number of carbonyl (C=O) groups excluding carboxylic acids is 1. The minimum Gasteiger partial charge on any atom is -0.383 e. The predicted molar refractivity (Wildman–Crippen MR) is 86.4 cm³/mol. The van der Waals surface area contributed by atoms with Crippen molar-refractivity contribution in [3.8, 4) is 0 Å². The number of nitrogens with zero attached hydrogens (tertiary/aromatic N) is 2. The molecule has 0 saturated carbocycles. The molecule has 1 atom stereocenters. The number of para-hydroxylation sites is 2. The smallest absolute Gasteiger partial charge is 0.246 e. The van der Waals surface area contributed by atoms with Crippen LogP contribution in [0.1, 0.15) is 0 Å². The Balaban J connectivity index is 0.00000180. The Morgan fingerprint density at radius 2 is 1.90 bits per heavy atom. The van der Waals surface area contributed by atoms with E-state index in [2.05, 4.69) is 4.90 Å². The van der Waals surface area contributed by atoms with Crippen molar-refractivity contribution in [2.45, 2.75) is 6.04 Å². The van der Waals surface area contributed by atoms with E-state index in [4.69, 9.17) is 10.5 Å². The van der Waals surface area contributed by atoms with Gasteiger partial charge in [0, 0.05) is 27.2 Å². The highest BCUT2D eigenvalue weighted by Crippen LogP contribution is 2.31. The molecular formula is C13H21Cl2N3O2. The summed E-state index contributed by atoms with van der Waals surface area (Å²) in [6.45, 7) is 1.71. The molecular weight excluding hydrogens is 301 g/mol. The van der Waals surface area contributed by atoms with Crippen LogP contribution >= 0.6 is 24.8 Å². The van der Waals surface area contributed by atoms with Gasteiger partial charge in [-0.25, -0.2) is 0 Å². The molecule has 1 heterocycles. The minimum absolute atomic E-state index is 0. The van der Waals surface area contributed by atoms with Crippen molar-refractivity contribution in [3.05, 3.63) is 24.3 Å². The lowest BCUT2D eigenvalue weighted by atomic mass is 10.1. The number of hydrogen-bond acceptors (Lipinski definition) is 4. The molecule has 1 amide bonds. The zero-order valence-electron chi connectivity index (χ0n) is 11.6. The van der Waals surface area contributed by atoms with E-state index in [0.29, 0.717) is 6.54 Å². The van der Waals surface area contributed by atoms with Gasteiger partial charge in [0.15, 0.2) is 0 Å². The minimum atomic E-state index is -0.605. The molecule has 0 radical (unpaired) electrons. The number of rotatable bonds is 3. The topological polar surface area (TPSA) is 58.8 Å². The molecule has 1 aliphatic heterocycles. The van der Waals surface area contributed by atoms with Crippen LogP contribution in [0.15, 0.2) is 24.3 Å². The number of amides is 1. The maximum absolute atomic E-state index is 12.3. The molecule has 1 unspecified atom stereocenters. The van der Waals surface area contributed by atoms with E-state index in [0.717, 1.165) is 17.9 Å². The third-order valence-electron chi connectivity index (χ3n) is 3.17. The maximum Gasteiger partial charge on any atom is 0.246 e. The summed E-state index contributed by atoms with van der Waals surface area (Å²) in [4.78, 5) is 16.1. The van der Waals surface area contributed by atoms with Crippen molar-refractivity contribution in [2.75, 3.05) is 43.7 Å². The third kappa shape index (κ3) is 3.76. The molecule has 2 N–H and O–H groups in total. The van der Waals surface area contributed by atoms with Crippen LogP contribution in [-0.4, -0.2) is 45.8 Å². The second kappa shape index (κ2) is 8.32. The van der Waals surface area contributed by atoms with Gasteiger partial charge in [0.05, 0.1) is 18.0 Å². The normalized spacial score (nSPS) is 14.8. The fourth-order valence-electron chi connectivity index (χ4n) is 2.19. The Morgan fingerprint density at radius 1 is 1.30 bits per heavy atom. The van der Waals surface area contributed by atoms with Gasteiger partial charge in [-0.1, -0.05) is 12.1 Å². The van der Waals surface area contributed by atoms with Crippen LogP contribution in [0.25, 0.3) is 0 Å². The average Bonchev–Trinajstić information content (AvgIpc) is 2.39. The summed E-state index contributed by atoms with van der Waals surface area (Å²) in [6, 6.07) is 7.25. The molecule has 1 aliphatic rings. The Morgan fingerprint density at radius 3 is 2.50 bits per heavy atom. The molecule has 0 spiro atoms. The largest absolute Gasteiger partial charge is 0.383 e. The number of fused-ring (bicyclic) bond motifs is 1. The lowest BCUT2D eigenvalue weighted by Gasteiger charge is -2.36. The van der Waals surface area contributed by atoms with E-state index in [1.165, 1.54) is 0 Å². The van der Waals surface area contributed by atoms with Gasteiger partial charge in [-0.2, -0.15) is 0 Å². The van der Waals surface area contributed by atoms with Crippen LogP contribution in [0.5, 0.6) is 0 Å². The van der Waals surface area contributed by atoms with Crippen LogP contribution in [0.4, 0.5) is 11.4 Å². The van der Waals surface area contributed by atoms with Crippen LogP contribution in [0.3, 0.4) is 0 Å². The van der Waals surface area contributed by atoms with Gasteiger partial charge in [0.25, 0.3) is 0 Å². The Hall–Kier alpha value is -1.01. The molecule has 20 heavy (non-hydrogen) atoms. The van der Waals surface area contributed by atoms with Gasteiger partial charge in [0.2, 0.25) is 5.91 Å². The number of benzene rings is 1. The summed E-state index contributed by atoms with van der Waals surface area (Å²) < 4.78 is 4.94. The summed E-state index contributed by atoms with van der Waals surface area (Å²) in [5.74, 6) is -0.0857. The molecule has 5 nitrogen and oxygen atoms in total. The molecule has 0 fully saturated rings. The first-order valence-corrected chi connectivity index (χ1v) is 6.01. The fourth-order valence-corrected chi connectivity index (χ4v) is 2.19. The van der Waals surface area contributed by atoms with Crippen LogP contribution in [-0.2, 0) is 9.53 Å². The van der Waals surface area contributed by atoms with Gasteiger partial charge in [0.1, 0.15) is 6.04 Å². The van der Waals surface area contributed by atoms with Crippen LogP contribution < -0.4 is 15.5 Å². The van der Waals surface area contributed by atoms with Gasteiger partial charge in [-0.05, 0) is 12.1 Å². The van der Waals surface area contributed by atoms with Crippen molar-refractivity contribution < 1.29 is 9.53 Å². The summed E-state index contributed by atoms with van der Waals surface area (Å²) >= 11 is 0. The van der Waals surface area contributed by atoms with Gasteiger partial charge < -0.3 is 20.3 Å². The van der Waals surface area contributed by atoms with Crippen molar-refractivity contribution >= 4 is 42.1 Å². The first kappa shape index (κ1) is 19.0. The van der Waals surface area contributed by atoms with Crippen LogP contribution in [0, 0.1) is 0 Å². The fraction of sp³-hybridized carbons (Fsp3) is 0.462. The number of hydrogen-bond donors (Lipinski definition) is 1. The van der Waals surface area contributed by atoms with Crippen LogP contribution in [0.2, 0.25) is 0 Å². The Bertz CT molecular complexity index is 445. The highest BCUT2D eigenvalue weighted by molar-refractivity contribution is 6.00. The highest BCUT2D eigenvalue weighted by atomic mass is 35.5. The first-order chi connectivity index (χ1) is 8.65. The Labute approximate surface area is 131 Å². The lowest BCUT2D eigenvalue weighted by Crippen LogP contribution is -2.50. The van der Waals surface area contributed by atoms with E-state index in [1.54, 1.807) is 12.0 Å². The SMILES string of the molecule is COCC(N)C(=O)N1CCN(C)c2ccccc21.Cl.Cl. The number of ether oxygens (including phenoxy) is 1. The number of methoxy groups -OCH3 is 1. The number of carbonyl (C=O) groups is 1. The molecule has 2 rings (SSSR count). The summed E-state index contributed by atoms with van der Waals surface area (Å²) in [5.41, 5.74) is 7.80. The second-order valence-corrected chi connectivity index (χ2v) is 4.46. The predicted octanol–water partition coefficient (Wildman–Crippen LogP) is 1.29. The summed E-state index contributed by atoms with van der Waals surface area (Å²) in [5, 5.41) is 0. The zero-order chi connectivity index (χ0) is 13.1. The summed E-state index contributed by atoms with van der Waals surface area (Å²) in [7, 11) is 3.57. The van der Waals surface area contributed by atoms with Crippen molar-refractivity contribution in [1.82, 2.24) is 0 Å². The third-order valence-corrected chi connectivity index (χ3v) is 3.17. The lowest BCUT2D eigenvalue weighted by molar-refractivity contribution is -0.120. The Kier molecular flexibility index (Phi) is 7.90. The molecule has 0 bridgehead atoms. The molecule has 7 heteroatoms. The second-order valence-electron chi connectivity index (χ2n) is 4.46. The van der Waals surface area contributed by atoms with E-state index in [-0.39, 0.29) is 37.3 Å². The summed E-state index contributed by atoms with van der Waals surface area (Å²) in [6.07, 6.45) is 0. The van der Waals surface area contributed by atoms with E-state index < -0.39 is 6.04 Å². The molecule has 0 aromatic heterocycles. The maximum atomic E-state index is 12.3. The highest BCUT2D eigenvalue weighted by Gasteiger charge is 2.28. The van der Waals surface area contributed by atoms with E-state index in [1.807, 2.05) is 31.3 Å².